The number of benzene rings is 1. The topological polar surface area (TPSA) is 101 Å². The number of fused-ring (bicyclic) bond motifs is 1. The first-order valence-electron chi connectivity index (χ1n) is 17.1. The Morgan fingerprint density at radius 1 is 1.14 bits per heavy atom. The molecule has 1 amide bonds. The highest BCUT2D eigenvalue weighted by Crippen LogP contribution is 2.60. The Balaban J connectivity index is 1.27. The molecule has 2 unspecified atom stereocenters. The predicted molar refractivity (Wildman–Crippen MR) is 175 cm³/mol. The Kier molecular flexibility index (Phi) is 10.3. The van der Waals surface area contributed by atoms with Gasteiger partial charge in [-0.05, 0) is 111 Å². The molecule has 3 saturated carbocycles. The summed E-state index contributed by atoms with van der Waals surface area (Å²) in [6.07, 6.45) is 12.6. The van der Waals surface area contributed by atoms with Crippen LogP contribution in [-0.2, 0) is 11.2 Å². The second-order valence-corrected chi connectivity index (χ2v) is 14.9. The Labute approximate surface area is 264 Å². The van der Waals surface area contributed by atoms with Gasteiger partial charge in [0.25, 0.3) is 5.91 Å². The molecule has 4 N–H and O–H groups in total. The predicted octanol–water partition coefficient (Wildman–Crippen LogP) is 5.75. The minimum atomic E-state index is -1.29. The van der Waals surface area contributed by atoms with Crippen molar-refractivity contribution >= 4 is 5.91 Å². The summed E-state index contributed by atoms with van der Waals surface area (Å²) >= 11 is 0. The van der Waals surface area contributed by atoms with Crippen molar-refractivity contribution in [3.8, 4) is 0 Å². The third kappa shape index (κ3) is 6.65. The molecule has 1 aromatic carbocycles. The third-order valence-electron chi connectivity index (χ3n) is 11.9. The molecule has 4 aliphatic rings. The first kappa shape index (κ1) is 33.1. The van der Waals surface area contributed by atoms with Crippen molar-refractivity contribution in [2.75, 3.05) is 13.2 Å². The molecule has 1 heterocycles. The summed E-state index contributed by atoms with van der Waals surface area (Å²) in [6.45, 7) is 11.4. The van der Waals surface area contributed by atoms with Gasteiger partial charge in [0, 0.05) is 31.5 Å². The van der Waals surface area contributed by atoms with E-state index in [1.54, 1.807) is 6.92 Å². The lowest BCUT2D eigenvalue weighted by Gasteiger charge is -2.45. The highest BCUT2D eigenvalue weighted by molar-refractivity contribution is 5.87. The van der Waals surface area contributed by atoms with Crippen molar-refractivity contribution < 1.29 is 25.2 Å². The molecule has 1 saturated heterocycles. The van der Waals surface area contributed by atoms with Gasteiger partial charge in [0.15, 0.2) is 0 Å². The number of aliphatic hydroxyl groups is 4. The van der Waals surface area contributed by atoms with Gasteiger partial charge in [-0.25, -0.2) is 0 Å². The fourth-order valence-corrected chi connectivity index (χ4v) is 9.55. The van der Waals surface area contributed by atoms with E-state index in [2.05, 4.69) is 44.7 Å². The minimum Gasteiger partial charge on any atom is -0.396 e. The Morgan fingerprint density at radius 2 is 1.89 bits per heavy atom. The Bertz CT molecular complexity index is 1240. The molecule has 44 heavy (non-hydrogen) atoms. The normalized spacial score (nSPS) is 38.5. The molecule has 4 fully saturated rings. The average molecular weight is 606 g/mol. The van der Waals surface area contributed by atoms with E-state index in [1.807, 2.05) is 23.1 Å². The zero-order chi connectivity index (χ0) is 31.6. The second-order valence-electron chi connectivity index (χ2n) is 14.9. The first-order valence-corrected chi connectivity index (χ1v) is 17.1. The minimum absolute atomic E-state index is 0.0542. The van der Waals surface area contributed by atoms with Gasteiger partial charge in [0.05, 0.1) is 12.2 Å². The molecule has 0 bridgehead atoms. The number of nitrogens with zero attached hydrogens (tertiary/aromatic N) is 1. The van der Waals surface area contributed by atoms with Crippen LogP contribution in [0.2, 0.25) is 0 Å². The quantitative estimate of drug-likeness (QED) is 0.272. The smallest absolute Gasteiger partial charge is 0.254 e. The van der Waals surface area contributed by atoms with Crippen LogP contribution in [0, 0.1) is 29.1 Å². The average Bonchev–Trinajstić information content (AvgIpc) is 3.46. The summed E-state index contributed by atoms with van der Waals surface area (Å²) in [5.74, 6) is 1.10. The number of allylic oxidation sites excluding steroid dienone is 3. The monoisotopic (exact) mass is 605 g/mol. The van der Waals surface area contributed by atoms with Crippen molar-refractivity contribution in [3.63, 3.8) is 0 Å². The zero-order valence-corrected chi connectivity index (χ0v) is 27.1. The molecule has 6 nitrogen and oxygen atoms in total. The van der Waals surface area contributed by atoms with Crippen molar-refractivity contribution in [1.29, 1.82) is 0 Å². The number of likely N-dealkylation sites (tertiary alicyclic amines) is 1. The van der Waals surface area contributed by atoms with E-state index in [1.165, 1.54) is 24.0 Å². The summed E-state index contributed by atoms with van der Waals surface area (Å²) in [5.41, 5.74) is 3.22. The van der Waals surface area contributed by atoms with Crippen molar-refractivity contribution in [2.45, 2.75) is 115 Å². The maximum atomic E-state index is 13.2. The van der Waals surface area contributed by atoms with E-state index in [0.29, 0.717) is 55.6 Å². The van der Waals surface area contributed by atoms with Crippen molar-refractivity contribution in [2.24, 2.45) is 29.1 Å². The fourth-order valence-electron chi connectivity index (χ4n) is 9.55. The number of rotatable bonds is 10. The van der Waals surface area contributed by atoms with Crippen LogP contribution >= 0.6 is 0 Å². The molecule has 0 spiro atoms. The van der Waals surface area contributed by atoms with Crippen LogP contribution in [0.3, 0.4) is 0 Å². The zero-order valence-electron chi connectivity index (χ0n) is 27.1. The van der Waals surface area contributed by atoms with Gasteiger partial charge >= 0.3 is 0 Å². The molecule has 9 atom stereocenters. The molecule has 242 valence electrons. The van der Waals surface area contributed by atoms with Gasteiger partial charge in [-0.2, -0.15) is 0 Å². The van der Waals surface area contributed by atoms with Crippen molar-refractivity contribution in [1.82, 2.24) is 4.90 Å². The molecule has 1 aromatic rings. The molecule has 5 rings (SSSR count). The van der Waals surface area contributed by atoms with Gasteiger partial charge < -0.3 is 25.3 Å². The van der Waals surface area contributed by atoms with Crippen LogP contribution in [0.25, 0.3) is 0 Å². The molecule has 3 aliphatic carbocycles. The number of aliphatic hydroxyl groups excluding tert-OH is 3. The molecular weight excluding hydrogens is 550 g/mol. The third-order valence-corrected chi connectivity index (χ3v) is 11.9. The van der Waals surface area contributed by atoms with Gasteiger partial charge in [0.2, 0.25) is 0 Å². The molecule has 0 radical (unpaired) electrons. The fraction of sp³-hybridized carbons (Fsp3) is 0.658. The summed E-state index contributed by atoms with van der Waals surface area (Å²) in [4.78, 5) is 15.2. The van der Waals surface area contributed by atoms with Crippen LogP contribution in [0.4, 0.5) is 0 Å². The molecule has 6 heteroatoms. The van der Waals surface area contributed by atoms with E-state index >= 15 is 0 Å². The second kappa shape index (κ2) is 13.6. The Hall–Kier alpha value is -2.25. The summed E-state index contributed by atoms with van der Waals surface area (Å²) < 4.78 is 0. The van der Waals surface area contributed by atoms with E-state index in [0.717, 1.165) is 37.7 Å². The number of amides is 1. The van der Waals surface area contributed by atoms with Gasteiger partial charge in [-0.3, -0.25) is 4.79 Å². The highest BCUT2D eigenvalue weighted by atomic mass is 16.3. The number of hydrogen-bond acceptors (Lipinski definition) is 5. The summed E-state index contributed by atoms with van der Waals surface area (Å²) in [6, 6.07) is 10.3. The van der Waals surface area contributed by atoms with Gasteiger partial charge in [-0.1, -0.05) is 68.5 Å². The largest absolute Gasteiger partial charge is 0.396 e. The molecule has 0 aromatic heterocycles. The van der Waals surface area contributed by atoms with Crippen LogP contribution in [0.1, 0.15) is 90.5 Å². The summed E-state index contributed by atoms with van der Waals surface area (Å²) in [7, 11) is 0. The maximum Gasteiger partial charge on any atom is 0.254 e. The van der Waals surface area contributed by atoms with E-state index in [-0.39, 0.29) is 29.9 Å². The van der Waals surface area contributed by atoms with Crippen LogP contribution in [0.15, 0.2) is 65.8 Å². The lowest BCUT2D eigenvalue weighted by Crippen LogP contribution is -2.41. The maximum absolute atomic E-state index is 13.2. The SMILES string of the molecule is C=C1C(=CC=C2CCC[C@]3(C)[C@@H]([C@H](C)CC4CC(C)(O)C(=O)N4CCc4ccccc4)CC[C@@H]23)C[C@@H](O)[C@H](CCCO)[C@@H]1O. The van der Waals surface area contributed by atoms with Gasteiger partial charge in [0.1, 0.15) is 5.60 Å². The Morgan fingerprint density at radius 3 is 2.61 bits per heavy atom. The molecule has 1 aliphatic heterocycles. The number of hydrogen-bond donors (Lipinski definition) is 4. The van der Waals surface area contributed by atoms with Crippen LogP contribution < -0.4 is 0 Å². The van der Waals surface area contributed by atoms with E-state index in [9.17, 15) is 25.2 Å². The van der Waals surface area contributed by atoms with Gasteiger partial charge in [-0.15, -0.1) is 0 Å². The van der Waals surface area contributed by atoms with Crippen LogP contribution in [-0.4, -0.2) is 68.2 Å². The number of carbonyl (C=O) groups excluding carboxylic acids is 1. The van der Waals surface area contributed by atoms with Crippen LogP contribution in [0.5, 0.6) is 0 Å². The van der Waals surface area contributed by atoms with E-state index < -0.39 is 17.8 Å². The van der Waals surface area contributed by atoms with E-state index in [4.69, 9.17) is 0 Å². The lowest BCUT2D eigenvalue weighted by molar-refractivity contribution is -0.142. The number of carbonyl (C=O) groups is 1. The van der Waals surface area contributed by atoms with Crippen molar-refractivity contribution in [3.05, 3.63) is 71.3 Å². The standard InChI is InChI=1S/C38H55NO5/c1-25(22-30-24-38(4,44)36(43)39(30)20-18-27-10-6-5-7-11-27)32-16-17-33-28(12-8-19-37(32,33)3)14-15-29-23-34(41)31(13-9-21-40)35(42)26(29)2/h5-7,10-11,14-15,25,30-35,40-42,44H,2,8-9,12-13,16-24H2,1,3-4H3/t25-,30?,31+,32-,33+,34-,35-,37-,38?/m1/s1. The lowest BCUT2D eigenvalue weighted by atomic mass is 9.60. The first-order chi connectivity index (χ1) is 21.0. The summed E-state index contributed by atoms with van der Waals surface area (Å²) in [5, 5.41) is 41.8. The molecular formula is C38H55NO5. The highest BCUT2D eigenvalue weighted by Gasteiger charge is 2.53.